The van der Waals surface area contributed by atoms with Crippen molar-refractivity contribution in [2.24, 2.45) is 5.73 Å². The van der Waals surface area contributed by atoms with Crippen LogP contribution in [0.25, 0.3) is 0 Å². The lowest BCUT2D eigenvalue weighted by atomic mass is 10.2. The van der Waals surface area contributed by atoms with E-state index in [4.69, 9.17) is 17.3 Å². The largest absolute Gasteiger partial charge is 0.368 e. The summed E-state index contributed by atoms with van der Waals surface area (Å²) in [7, 11) is 0. The third-order valence-electron chi connectivity index (χ3n) is 1.79. The van der Waals surface area contributed by atoms with Crippen LogP contribution in [-0.4, -0.2) is 24.2 Å². The van der Waals surface area contributed by atoms with E-state index in [2.05, 4.69) is 10.3 Å². The van der Waals surface area contributed by atoms with Gasteiger partial charge in [0.25, 0.3) is 5.91 Å². The summed E-state index contributed by atoms with van der Waals surface area (Å²) in [5.41, 5.74) is 8.00. The molecule has 5 nitrogen and oxygen atoms in total. The number of benzene rings is 1. The Kier molecular flexibility index (Phi) is 6.56. The minimum Gasteiger partial charge on any atom is -0.368 e. The molecule has 0 radical (unpaired) electrons. The quantitative estimate of drug-likeness (QED) is 0.736. The molecule has 0 saturated carbocycles. The highest BCUT2D eigenvalue weighted by Gasteiger charge is 2.03. The number of hydroxylamine groups is 1. The number of primary amides is 1. The van der Waals surface area contributed by atoms with Gasteiger partial charge < -0.3 is 5.73 Å². The molecule has 0 spiro atoms. The normalized spacial score (nSPS) is 10.1. The highest BCUT2D eigenvalue weighted by Crippen LogP contribution is 2.16. The summed E-state index contributed by atoms with van der Waals surface area (Å²) in [5, 5.41) is 0.669. The van der Waals surface area contributed by atoms with Crippen LogP contribution in [0.2, 0.25) is 5.02 Å². The fourth-order valence-electron chi connectivity index (χ4n) is 1.11. The van der Waals surface area contributed by atoms with Crippen molar-refractivity contribution in [2.45, 2.75) is 5.75 Å². The molecule has 0 aliphatic carbocycles. The number of rotatable bonds is 7. The Bertz CT molecular complexity index is 429. The lowest BCUT2D eigenvalue weighted by Crippen LogP contribution is -2.30. The minimum atomic E-state index is -0.637. The molecule has 0 bridgehead atoms. The summed E-state index contributed by atoms with van der Waals surface area (Å²) in [6, 6.07) is 7.42. The van der Waals surface area contributed by atoms with Crippen molar-refractivity contribution in [3.05, 3.63) is 34.9 Å². The van der Waals surface area contributed by atoms with Crippen molar-refractivity contribution in [1.29, 1.82) is 0 Å². The van der Waals surface area contributed by atoms with Crippen LogP contribution in [0.1, 0.15) is 5.56 Å². The Balaban J connectivity index is 2.17. The van der Waals surface area contributed by atoms with Gasteiger partial charge in [-0.15, -0.1) is 11.8 Å². The molecular weight excluding hydrogens is 276 g/mol. The van der Waals surface area contributed by atoms with Crippen molar-refractivity contribution in [1.82, 2.24) is 5.48 Å². The molecule has 1 rings (SSSR count). The summed E-state index contributed by atoms with van der Waals surface area (Å²) in [4.78, 5) is 26.2. The summed E-state index contributed by atoms with van der Waals surface area (Å²) in [6.07, 6.45) is 0. The maximum atomic E-state index is 11.2. The van der Waals surface area contributed by atoms with Crippen molar-refractivity contribution in [3.8, 4) is 0 Å². The molecule has 0 aliphatic heterocycles. The molecule has 0 heterocycles. The van der Waals surface area contributed by atoms with E-state index in [1.165, 1.54) is 11.8 Å². The molecule has 3 N–H and O–H groups in total. The Morgan fingerprint density at radius 3 is 2.89 bits per heavy atom. The van der Waals surface area contributed by atoms with Crippen LogP contribution >= 0.6 is 23.4 Å². The monoisotopic (exact) mass is 288 g/mol. The van der Waals surface area contributed by atoms with Crippen LogP contribution < -0.4 is 11.2 Å². The molecular formula is C11H13ClN2O3S. The number of carbonyl (C=O) groups excluding carboxylic acids is 2. The van der Waals surface area contributed by atoms with E-state index >= 15 is 0 Å². The van der Waals surface area contributed by atoms with E-state index in [0.29, 0.717) is 10.8 Å². The predicted octanol–water partition coefficient (Wildman–Crippen LogP) is 1.11. The fraction of sp³-hybridized carbons (Fsp3) is 0.273. The number of nitrogens with two attached hydrogens (primary N) is 1. The summed E-state index contributed by atoms with van der Waals surface area (Å²) < 4.78 is 0. The van der Waals surface area contributed by atoms with Crippen LogP contribution in [0.5, 0.6) is 0 Å². The second-order valence-electron chi connectivity index (χ2n) is 3.40. The second kappa shape index (κ2) is 7.97. The van der Waals surface area contributed by atoms with Gasteiger partial charge in [0.2, 0.25) is 5.91 Å². The molecule has 0 aliphatic rings. The Labute approximate surface area is 114 Å². The van der Waals surface area contributed by atoms with Crippen LogP contribution in [-0.2, 0) is 20.2 Å². The SMILES string of the molecule is NC(=O)CONC(=O)CSCc1cccc(Cl)c1. The average Bonchev–Trinajstić information content (AvgIpc) is 2.28. The second-order valence-corrected chi connectivity index (χ2v) is 4.82. The fourth-order valence-corrected chi connectivity index (χ4v) is 2.08. The van der Waals surface area contributed by atoms with E-state index in [9.17, 15) is 9.59 Å². The first-order valence-electron chi connectivity index (χ1n) is 5.09. The van der Waals surface area contributed by atoms with Gasteiger partial charge in [-0.05, 0) is 17.7 Å². The molecule has 0 saturated heterocycles. The van der Waals surface area contributed by atoms with Gasteiger partial charge in [0.05, 0.1) is 5.75 Å². The number of thioether (sulfide) groups is 1. The van der Waals surface area contributed by atoms with Crippen molar-refractivity contribution in [2.75, 3.05) is 12.4 Å². The molecule has 98 valence electrons. The highest BCUT2D eigenvalue weighted by atomic mass is 35.5. The molecule has 1 aromatic carbocycles. The van der Waals surface area contributed by atoms with Crippen molar-refractivity contribution in [3.63, 3.8) is 0 Å². The number of halogens is 1. The van der Waals surface area contributed by atoms with Crippen LogP contribution in [0.3, 0.4) is 0 Å². The molecule has 0 aromatic heterocycles. The molecule has 0 unspecified atom stereocenters. The zero-order valence-electron chi connectivity index (χ0n) is 9.52. The highest BCUT2D eigenvalue weighted by molar-refractivity contribution is 7.99. The summed E-state index contributed by atoms with van der Waals surface area (Å²) in [5.74, 6) is -0.0557. The van der Waals surface area contributed by atoms with Gasteiger partial charge in [-0.1, -0.05) is 23.7 Å². The topological polar surface area (TPSA) is 81.4 Å². The Morgan fingerprint density at radius 1 is 1.44 bits per heavy atom. The van der Waals surface area contributed by atoms with Gasteiger partial charge in [0.1, 0.15) is 0 Å². The number of hydrogen-bond donors (Lipinski definition) is 2. The van der Waals surface area contributed by atoms with Crippen LogP contribution in [0.4, 0.5) is 0 Å². The number of hydrogen-bond acceptors (Lipinski definition) is 4. The smallest absolute Gasteiger partial charge is 0.253 e. The van der Waals surface area contributed by atoms with E-state index in [1.807, 2.05) is 18.2 Å². The van der Waals surface area contributed by atoms with Gasteiger partial charge in [-0.2, -0.15) is 0 Å². The standard InChI is InChI=1S/C11H13ClN2O3S/c12-9-3-1-2-8(4-9)6-18-7-11(16)14-17-5-10(13)15/h1-4H,5-7H2,(H2,13,15)(H,14,16). The Hall–Kier alpha value is -1.24. The molecule has 2 amide bonds. The first-order chi connectivity index (χ1) is 8.58. The van der Waals surface area contributed by atoms with Crippen molar-refractivity contribution < 1.29 is 14.4 Å². The maximum absolute atomic E-state index is 11.2. The lowest BCUT2D eigenvalue weighted by molar-refractivity contribution is -0.135. The molecule has 1 aromatic rings. The predicted molar refractivity (Wildman–Crippen MR) is 70.9 cm³/mol. The van der Waals surface area contributed by atoms with Gasteiger partial charge in [0.15, 0.2) is 6.61 Å². The van der Waals surface area contributed by atoms with Gasteiger partial charge in [0, 0.05) is 10.8 Å². The van der Waals surface area contributed by atoms with E-state index in [1.54, 1.807) is 6.07 Å². The van der Waals surface area contributed by atoms with Crippen molar-refractivity contribution >= 4 is 35.2 Å². The molecule has 0 fully saturated rings. The van der Waals surface area contributed by atoms with Crippen LogP contribution in [0.15, 0.2) is 24.3 Å². The number of nitrogens with one attached hydrogen (secondary N) is 1. The first kappa shape index (κ1) is 14.8. The molecule has 18 heavy (non-hydrogen) atoms. The number of amides is 2. The van der Waals surface area contributed by atoms with E-state index in [-0.39, 0.29) is 18.3 Å². The maximum Gasteiger partial charge on any atom is 0.253 e. The zero-order valence-corrected chi connectivity index (χ0v) is 11.1. The zero-order chi connectivity index (χ0) is 13.4. The third-order valence-corrected chi connectivity index (χ3v) is 3.03. The van der Waals surface area contributed by atoms with Gasteiger partial charge in [-0.3, -0.25) is 14.4 Å². The van der Waals surface area contributed by atoms with Gasteiger partial charge in [-0.25, -0.2) is 5.48 Å². The van der Waals surface area contributed by atoms with Crippen LogP contribution in [0, 0.1) is 0 Å². The first-order valence-corrected chi connectivity index (χ1v) is 6.62. The Morgan fingerprint density at radius 2 is 2.22 bits per heavy atom. The van der Waals surface area contributed by atoms with E-state index in [0.717, 1.165) is 5.56 Å². The van der Waals surface area contributed by atoms with Gasteiger partial charge >= 0.3 is 0 Å². The summed E-state index contributed by atoms with van der Waals surface area (Å²) in [6.45, 7) is -0.329. The molecule has 0 atom stereocenters. The third kappa shape index (κ3) is 6.48. The minimum absolute atomic E-state index is 0.227. The van der Waals surface area contributed by atoms with E-state index < -0.39 is 5.91 Å². The summed E-state index contributed by atoms with van der Waals surface area (Å²) >= 11 is 7.25. The lowest BCUT2D eigenvalue weighted by Gasteiger charge is -2.04. The number of carbonyl (C=O) groups is 2. The molecule has 7 heteroatoms. The average molecular weight is 289 g/mol.